The summed E-state index contributed by atoms with van der Waals surface area (Å²) >= 11 is 0. The van der Waals surface area contributed by atoms with E-state index in [0.717, 1.165) is 36.2 Å². The Bertz CT molecular complexity index is 1200. The quantitative estimate of drug-likeness (QED) is 0.346. The van der Waals surface area contributed by atoms with E-state index in [1.807, 2.05) is 30.3 Å². The molecule has 0 bridgehead atoms. The molecule has 4 rings (SSSR count). The first-order chi connectivity index (χ1) is 15.5. The van der Waals surface area contributed by atoms with Gasteiger partial charge in [-0.15, -0.1) is 0 Å². The summed E-state index contributed by atoms with van der Waals surface area (Å²) in [5, 5.41) is 19.8. The molecule has 32 heavy (non-hydrogen) atoms. The van der Waals surface area contributed by atoms with Crippen molar-refractivity contribution in [2.75, 3.05) is 14.2 Å². The molecule has 1 heterocycles. The SMILES string of the molecule is COc1cc(/C=N/NC(=O)c2nn(-c3ccccc3)c3c2CCC3)cc([N+](=O)[O-])c1OC. The summed E-state index contributed by atoms with van der Waals surface area (Å²) in [6.45, 7) is 0. The first-order valence-electron chi connectivity index (χ1n) is 9.93. The van der Waals surface area contributed by atoms with Crippen molar-refractivity contribution in [1.29, 1.82) is 0 Å². The van der Waals surface area contributed by atoms with Crippen LogP contribution >= 0.6 is 0 Å². The monoisotopic (exact) mass is 435 g/mol. The zero-order valence-electron chi connectivity index (χ0n) is 17.6. The third kappa shape index (κ3) is 3.89. The zero-order valence-corrected chi connectivity index (χ0v) is 17.6. The number of rotatable bonds is 7. The molecular weight excluding hydrogens is 414 g/mol. The number of amides is 1. The minimum atomic E-state index is -0.573. The van der Waals surface area contributed by atoms with E-state index in [2.05, 4.69) is 15.6 Å². The number of ether oxygens (including phenoxy) is 2. The average Bonchev–Trinajstić information content (AvgIpc) is 3.41. The van der Waals surface area contributed by atoms with E-state index in [-0.39, 0.29) is 17.2 Å². The van der Waals surface area contributed by atoms with Crippen LogP contribution in [0.15, 0.2) is 47.6 Å². The molecule has 0 saturated carbocycles. The molecule has 0 fully saturated rings. The molecule has 10 nitrogen and oxygen atoms in total. The Labute approximate surface area is 183 Å². The van der Waals surface area contributed by atoms with Gasteiger partial charge < -0.3 is 9.47 Å². The lowest BCUT2D eigenvalue weighted by molar-refractivity contribution is -0.385. The third-order valence-electron chi connectivity index (χ3n) is 5.20. The maximum Gasteiger partial charge on any atom is 0.315 e. The molecule has 3 aromatic rings. The lowest BCUT2D eigenvalue weighted by Gasteiger charge is -2.08. The van der Waals surface area contributed by atoms with Gasteiger partial charge in [0.25, 0.3) is 5.91 Å². The number of benzene rings is 2. The molecule has 0 radical (unpaired) electrons. The standard InChI is InChI=1S/C22H21N5O5/c1-31-19-12-14(11-18(27(29)30)21(19)32-2)13-23-24-22(28)20-16-9-6-10-17(16)26(25-20)15-7-4-3-5-8-15/h3-5,7-8,11-13H,6,9-10H2,1-2H3,(H,24,28)/b23-13+. The van der Waals surface area contributed by atoms with Crippen LogP contribution < -0.4 is 14.9 Å². The Hall–Kier alpha value is -4.21. The summed E-state index contributed by atoms with van der Waals surface area (Å²) in [5.41, 5.74) is 5.75. The number of aromatic nitrogens is 2. The van der Waals surface area contributed by atoms with Crippen molar-refractivity contribution in [3.63, 3.8) is 0 Å². The van der Waals surface area contributed by atoms with Crippen molar-refractivity contribution in [2.45, 2.75) is 19.3 Å². The highest BCUT2D eigenvalue weighted by atomic mass is 16.6. The molecule has 1 aromatic heterocycles. The van der Waals surface area contributed by atoms with Crippen LogP contribution in [0.25, 0.3) is 5.69 Å². The molecule has 0 unspecified atom stereocenters. The van der Waals surface area contributed by atoms with Crippen molar-refractivity contribution < 1.29 is 19.2 Å². The van der Waals surface area contributed by atoms with Gasteiger partial charge in [-0.2, -0.15) is 10.2 Å². The number of hydrogen-bond acceptors (Lipinski definition) is 7. The van der Waals surface area contributed by atoms with Crippen LogP contribution in [0.3, 0.4) is 0 Å². The molecule has 164 valence electrons. The lowest BCUT2D eigenvalue weighted by Crippen LogP contribution is -2.20. The molecule has 10 heteroatoms. The minimum Gasteiger partial charge on any atom is -0.493 e. The molecule has 0 spiro atoms. The predicted molar refractivity (Wildman–Crippen MR) is 117 cm³/mol. The Morgan fingerprint density at radius 3 is 2.69 bits per heavy atom. The van der Waals surface area contributed by atoms with Crippen molar-refractivity contribution in [1.82, 2.24) is 15.2 Å². The predicted octanol–water partition coefficient (Wildman–Crippen LogP) is 3.05. The van der Waals surface area contributed by atoms with Gasteiger partial charge >= 0.3 is 5.69 Å². The Morgan fingerprint density at radius 1 is 1.22 bits per heavy atom. The normalized spacial score (nSPS) is 12.6. The summed E-state index contributed by atoms with van der Waals surface area (Å²) in [6, 6.07) is 12.5. The summed E-state index contributed by atoms with van der Waals surface area (Å²) in [5.74, 6) is -0.237. The average molecular weight is 435 g/mol. The fourth-order valence-electron chi connectivity index (χ4n) is 3.80. The van der Waals surface area contributed by atoms with Crippen LogP contribution in [0.2, 0.25) is 0 Å². The number of nitro benzene ring substituents is 1. The topological polar surface area (TPSA) is 121 Å². The summed E-state index contributed by atoms with van der Waals surface area (Å²) in [4.78, 5) is 23.6. The van der Waals surface area contributed by atoms with Gasteiger partial charge in [0, 0.05) is 22.9 Å². The number of nitro groups is 1. The minimum absolute atomic E-state index is 0.0145. The molecule has 1 aliphatic carbocycles. The van der Waals surface area contributed by atoms with Crippen molar-refractivity contribution in [2.24, 2.45) is 5.10 Å². The molecule has 0 aliphatic heterocycles. The van der Waals surface area contributed by atoms with Gasteiger partial charge in [-0.3, -0.25) is 14.9 Å². The highest BCUT2D eigenvalue weighted by Gasteiger charge is 2.27. The van der Waals surface area contributed by atoms with Crippen LogP contribution in [-0.4, -0.2) is 41.0 Å². The number of fused-ring (bicyclic) bond motifs is 1. The first-order valence-corrected chi connectivity index (χ1v) is 9.93. The highest BCUT2D eigenvalue weighted by Crippen LogP contribution is 2.37. The molecule has 1 aliphatic rings. The molecule has 1 N–H and O–H groups in total. The first kappa shape index (κ1) is 21.0. The Morgan fingerprint density at radius 2 is 2.00 bits per heavy atom. The molecule has 0 atom stereocenters. The number of nitrogens with zero attached hydrogens (tertiary/aromatic N) is 4. The highest BCUT2D eigenvalue weighted by molar-refractivity contribution is 5.95. The van der Waals surface area contributed by atoms with E-state index in [9.17, 15) is 14.9 Å². The van der Waals surface area contributed by atoms with Gasteiger partial charge in [0.05, 0.1) is 31.0 Å². The van der Waals surface area contributed by atoms with Crippen molar-refractivity contribution in [3.05, 3.63) is 75.1 Å². The maximum atomic E-state index is 12.8. The summed E-state index contributed by atoms with van der Waals surface area (Å²) in [6.07, 6.45) is 3.89. The fourth-order valence-corrected chi connectivity index (χ4v) is 3.80. The van der Waals surface area contributed by atoms with Crippen LogP contribution in [-0.2, 0) is 12.8 Å². The summed E-state index contributed by atoms with van der Waals surface area (Å²) in [7, 11) is 2.71. The zero-order chi connectivity index (χ0) is 22.7. The number of para-hydroxylation sites is 1. The second kappa shape index (κ2) is 8.88. The second-order valence-corrected chi connectivity index (χ2v) is 7.11. The molecule has 1 amide bonds. The van der Waals surface area contributed by atoms with Crippen LogP contribution in [0.4, 0.5) is 5.69 Å². The smallest absolute Gasteiger partial charge is 0.315 e. The Kier molecular flexibility index (Phi) is 5.84. The third-order valence-corrected chi connectivity index (χ3v) is 5.20. The summed E-state index contributed by atoms with van der Waals surface area (Å²) < 4.78 is 12.0. The van der Waals surface area contributed by atoms with Gasteiger partial charge in [0.1, 0.15) is 0 Å². The van der Waals surface area contributed by atoms with Gasteiger partial charge in [0.15, 0.2) is 11.4 Å². The van der Waals surface area contributed by atoms with Gasteiger partial charge in [-0.1, -0.05) is 18.2 Å². The molecule has 2 aromatic carbocycles. The number of nitrogens with one attached hydrogen (secondary N) is 1. The number of carbonyl (C=O) groups excluding carboxylic acids is 1. The van der Waals surface area contributed by atoms with Crippen molar-refractivity contribution >= 4 is 17.8 Å². The van der Waals surface area contributed by atoms with Gasteiger partial charge in [-0.25, -0.2) is 10.1 Å². The van der Waals surface area contributed by atoms with Crippen LogP contribution in [0, 0.1) is 10.1 Å². The lowest BCUT2D eigenvalue weighted by atomic mass is 10.2. The Balaban J connectivity index is 1.58. The number of hydrazone groups is 1. The van der Waals surface area contributed by atoms with E-state index < -0.39 is 10.8 Å². The number of carbonyl (C=O) groups is 1. The van der Waals surface area contributed by atoms with E-state index >= 15 is 0 Å². The van der Waals surface area contributed by atoms with E-state index in [4.69, 9.17) is 9.47 Å². The van der Waals surface area contributed by atoms with Crippen LogP contribution in [0.1, 0.15) is 33.7 Å². The largest absolute Gasteiger partial charge is 0.493 e. The fraction of sp³-hybridized carbons (Fsp3) is 0.227. The van der Waals surface area contributed by atoms with Gasteiger partial charge in [-0.05, 0) is 37.5 Å². The number of methoxy groups -OCH3 is 2. The van der Waals surface area contributed by atoms with Crippen LogP contribution in [0.5, 0.6) is 11.5 Å². The molecule has 0 saturated heterocycles. The van der Waals surface area contributed by atoms with Gasteiger partial charge in [0.2, 0.25) is 5.75 Å². The van der Waals surface area contributed by atoms with E-state index in [1.165, 1.54) is 32.6 Å². The number of hydrogen-bond donors (Lipinski definition) is 1. The van der Waals surface area contributed by atoms with E-state index in [1.54, 1.807) is 4.68 Å². The molecular formula is C22H21N5O5. The maximum absolute atomic E-state index is 12.8. The van der Waals surface area contributed by atoms with Crippen molar-refractivity contribution in [3.8, 4) is 17.2 Å². The second-order valence-electron chi connectivity index (χ2n) is 7.11. The van der Waals surface area contributed by atoms with E-state index in [0.29, 0.717) is 11.3 Å².